The van der Waals surface area contributed by atoms with E-state index in [4.69, 9.17) is 9.52 Å². The zero-order valence-electron chi connectivity index (χ0n) is 11.3. The van der Waals surface area contributed by atoms with E-state index in [2.05, 4.69) is 0 Å². The Balaban J connectivity index is 2.14. The van der Waals surface area contributed by atoms with Crippen LogP contribution in [-0.4, -0.2) is 28.9 Å². The number of aryl methyl sites for hydroxylation is 1. The summed E-state index contributed by atoms with van der Waals surface area (Å²) in [6.07, 6.45) is 0. The third kappa shape index (κ3) is 3.06. The molecule has 1 N–H and O–H groups in total. The van der Waals surface area contributed by atoms with Crippen molar-refractivity contribution in [2.75, 3.05) is 7.05 Å². The first kappa shape index (κ1) is 13.9. The van der Waals surface area contributed by atoms with Crippen LogP contribution >= 0.6 is 0 Å². The lowest BCUT2D eigenvalue weighted by atomic mass is 10.1. The largest absolute Gasteiger partial charge is 0.478 e. The quantitative estimate of drug-likeness (QED) is 0.929. The molecule has 0 fully saturated rings. The van der Waals surface area contributed by atoms with Gasteiger partial charge in [0.15, 0.2) is 0 Å². The normalized spacial score (nSPS) is 10.3. The van der Waals surface area contributed by atoms with E-state index in [1.807, 2.05) is 19.1 Å². The Kier molecular flexibility index (Phi) is 3.89. The van der Waals surface area contributed by atoms with Crippen molar-refractivity contribution in [3.63, 3.8) is 0 Å². The van der Waals surface area contributed by atoms with E-state index in [0.717, 1.165) is 5.76 Å². The molecule has 1 aromatic heterocycles. The van der Waals surface area contributed by atoms with Crippen LogP contribution in [0.15, 0.2) is 40.8 Å². The molecule has 20 heavy (non-hydrogen) atoms. The van der Waals surface area contributed by atoms with Crippen molar-refractivity contribution in [1.29, 1.82) is 0 Å². The molecule has 0 radical (unpaired) electrons. The maximum Gasteiger partial charge on any atom is 0.335 e. The molecule has 2 rings (SSSR count). The second-order valence-electron chi connectivity index (χ2n) is 4.56. The molecule has 0 spiro atoms. The Labute approximate surface area is 116 Å². The van der Waals surface area contributed by atoms with Crippen molar-refractivity contribution in [1.82, 2.24) is 4.90 Å². The van der Waals surface area contributed by atoms with E-state index in [1.54, 1.807) is 19.2 Å². The molecule has 0 aliphatic carbocycles. The summed E-state index contributed by atoms with van der Waals surface area (Å²) >= 11 is 0. The lowest BCUT2D eigenvalue weighted by Gasteiger charge is -2.16. The highest BCUT2D eigenvalue weighted by molar-refractivity contribution is 5.97. The molecule has 0 aliphatic heterocycles. The molecule has 1 amide bonds. The van der Waals surface area contributed by atoms with Crippen LogP contribution in [0.1, 0.15) is 32.2 Å². The summed E-state index contributed by atoms with van der Waals surface area (Å²) in [6, 6.07) is 9.62. The van der Waals surface area contributed by atoms with Gasteiger partial charge in [-0.1, -0.05) is 6.07 Å². The number of hydrogen-bond donors (Lipinski definition) is 1. The fourth-order valence-electron chi connectivity index (χ4n) is 1.88. The summed E-state index contributed by atoms with van der Waals surface area (Å²) in [5.74, 6) is 0.174. The monoisotopic (exact) mass is 273 g/mol. The molecule has 1 heterocycles. The second kappa shape index (κ2) is 5.61. The molecule has 0 atom stereocenters. The second-order valence-corrected chi connectivity index (χ2v) is 4.56. The standard InChI is InChI=1S/C15H15NO4/c1-10-6-7-13(20-10)9-16(2)14(17)11-4-3-5-12(8-11)15(18)19/h3-8H,9H2,1-2H3,(H,18,19). The van der Waals surface area contributed by atoms with E-state index in [1.165, 1.54) is 17.0 Å². The number of carboxylic acids is 1. The number of furan rings is 1. The van der Waals surface area contributed by atoms with E-state index in [0.29, 0.717) is 17.9 Å². The molecule has 0 saturated carbocycles. The van der Waals surface area contributed by atoms with E-state index >= 15 is 0 Å². The van der Waals surface area contributed by atoms with Crippen molar-refractivity contribution in [3.8, 4) is 0 Å². The molecule has 5 heteroatoms. The van der Waals surface area contributed by atoms with Gasteiger partial charge in [0.05, 0.1) is 12.1 Å². The zero-order valence-corrected chi connectivity index (χ0v) is 11.3. The first-order valence-corrected chi connectivity index (χ1v) is 6.11. The number of benzene rings is 1. The molecule has 0 saturated heterocycles. The topological polar surface area (TPSA) is 70.8 Å². The number of amides is 1. The summed E-state index contributed by atoms with van der Waals surface area (Å²) in [7, 11) is 1.65. The maximum absolute atomic E-state index is 12.2. The Morgan fingerprint density at radius 2 is 1.90 bits per heavy atom. The average Bonchev–Trinajstić information content (AvgIpc) is 2.83. The molecule has 2 aromatic rings. The molecule has 0 unspecified atom stereocenters. The van der Waals surface area contributed by atoms with Gasteiger partial charge in [0.1, 0.15) is 11.5 Å². The first-order chi connectivity index (χ1) is 9.47. The summed E-state index contributed by atoms with van der Waals surface area (Å²) in [4.78, 5) is 24.6. The third-order valence-electron chi connectivity index (χ3n) is 2.89. The van der Waals surface area contributed by atoms with Gasteiger partial charge >= 0.3 is 5.97 Å². The number of rotatable bonds is 4. The number of hydrogen-bond acceptors (Lipinski definition) is 3. The van der Waals surface area contributed by atoms with Gasteiger partial charge in [-0.3, -0.25) is 4.79 Å². The minimum atomic E-state index is -1.05. The van der Waals surface area contributed by atoms with Gasteiger partial charge in [-0.15, -0.1) is 0 Å². The average molecular weight is 273 g/mol. The lowest BCUT2D eigenvalue weighted by molar-refractivity contribution is 0.0697. The van der Waals surface area contributed by atoms with E-state index in [9.17, 15) is 9.59 Å². The number of nitrogens with zero attached hydrogens (tertiary/aromatic N) is 1. The summed E-state index contributed by atoms with van der Waals surface area (Å²) < 4.78 is 5.41. The highest BCUT2D eigenvalue weighted by Crippen LogP contribution is 2.12. The maximum atomic E-state index is 12.2. The van der Waals surface area contributed by atoms with Crippen LogP contribution in [0.5, 0.6) is 0 Å². The Morgan fingerprint density at radius 3 is 2.50 bits per heavy atom. The van der Waals surface area contributed by atoms with Gasteiger partial charge < -0.3 is 14.4 Å². The minimum absolute atomic E-state index is 0.0955. The molecular formula is C15H15NO4. The summed E-state index contributed by atoms with van der Waals surface area (Å²) in [5.41, 5.74) is 0.439. The van der Waals surface area contributed by atoms with E-state index < -0.39 is 5.97 Å². The molecular weight excluding hydrogens is 258 g/mol. The lowest BCUT2D eigenvalue weighted by Crippen LogP contribution is -2.26. The van der Waals surface area contributed by atoms with Crippen LogP contribution in [0.2, 0.25) is 0 Å². The van der Waals surface area contributed by atoms with Crippen LogP contribution in [0.25, 0.3) is 0 Å². The van der Waals surface area contributed by atoms with Gasteiger partial charge in [0, 0.05) is 12.6 Å². The van der Waals surface area contributed by atoms with Gasteiger partial charge in [-0.2, -0.15) is 0 Å². The van der Waals surface area contributed by atoms with E-state index in [-0.39, 0.29) is 11.5 Å². The third-order valence-corrected chi connectivity index (χ3v) is 2.89. The number of carboxylic acid groups (broad SMARTS) is 1. The SMILES string of the molecule is Cc1ccc(CN(C)C(=O)c2cccc(C(=O)O)c2)o1. The highest BCUT2D eigenvalue weighted by atomic mass is 16.4. The Morgan fingerprint density at radius 1 is 1.20 bits per heavy atom. The van der Waals surface area contributed by atoms with Crippen LogP contribution in [0, 0.1) is 6.92 Å². The smallest absolute Gasteiger partial charge is 0.335 e. The Hall–Kier alpha value is -2.56. The van der Waals surface area contributed by atoms with Gasteiger partial charge in [-0.05, 0) is 37.3 Å². The van der Waals surface area contributed by atoms with Crippen LogP contribution in [0.3, 0.4) is 0 Å². The highest BCUT2D eigenvalue weighted by Gasteiger charge is 2.15. The van der Waals surface area contributed by atoms with Crippen molar-refractivity contribution >= 4 is 11.9 Å². The fraction of sp³-hybridized carbons (Fsp3) is 0.200. The zero-order chi connectivity index (χ0) is 14.7. The van der Waals surface area contributed by atoms with Crippen molar-refractivity contribution < 1.29 is 19.1 Å². The number of carbonyl (C=O) groups excluding carboxylic acids is 1. The first-order valence-electron chi connectivity index (χ1n) is 6.11. The minimum Gasteiger partial charge on any atom is -0.478 e. The predicted molar refractivity (Wildman–Crippen MR) is 72.6 cm³/mol. The number of aromatic carboxylic acids is 1. The van der Waals surface area contributed by atoms with Gasteiger partial charge in [0.25, 0.3) is 5.91 Å². The van der Waals surface area contributed by atoms with Crippen molar-refractivity contribution in [3.05, 3.63) is 59.0 Å². The molecule has 5 nitrogen and oxygen atoms in total. The molecule has 1 aromatic carbocycles. The molecule has 0 bridgehead atoms. The fourth-order valence-corrected chi connectivity index (χ4v) is 1.88. The van der Waals surface area contributed by atoms with Crippen molar-refractivity contribution in [2.24, 2.45) is 0 Å². The van der Waals surface area contributed by atoms with Crippen LogP contribution in [-0.2, 0) is 6.54 Å². The predicted octanol–water partition coefficient (Wildman–Crippen LogP) is 2.56. The van der Waals surface area contributed by atoms with Gasteiger partial charge in [0.2, 0.25) is 0 Å². The van der Waals surface area contributed by atoms with Crippen LogP contribution < -0.4 is 0 Å². The van der Waals surface area contributed by atoms with Crippen molar-refractivity contribution in [2.45, 2.75) is 13.5 Å². The molecule has 0 aliphatic rings. The summed E-state index contributed by atoms with van der Waals surface area (Å²) in [5, 5.41) is 8.93. The van der Waals surface area contributed by atoms with Gasteiger partial charge in [-0.25, -0.2) is 4.79 Å². The summed E-state index contributed by atoms with van der Waals surface area (Å²) in [6.45, 7) is 2.17. The Bertz CT molecular complexity index is 645. The number of carbonyl (C=O) groups is 2. The molecule has 104 valence electrons. The van der Waals surface area contributed by atoms with Crippen LogP contribution in [0.4, 0.5) is 0 Å².